The maximum atomic E-state index is 2.37. The van der Waals surface area contributed by atoms with Gasteiger partial charge in [-0.2, -0.15) is 0 Å². The van der Waals surface area contributed by atoms with Crippen molar-refractivity contribution in [2.24, 2.45) is 0 Å². The van der Waals surface area contributed by atoms with Crippen molar-refractivity contribution in [3.05, 3.63) is 132 Å². The number of fused-ring (bicyclic) bond motifs is 7. The molecule has 0 saturated heterocycles. The molecule has 0 N–H and O–H groups in total. The molecule has 7 aromatic carbocycles. The Morgan fingerprint density at radius 2 is 0.577 bits per heavy atom. The first-order chi connectivity index (χ1) is 25.7. The van der Waals surface area contributed by atoms with Crippen LogP contribution in [-0.2, 0) is 12.8 Å². The summed E-state index contributed by atoms with van der Waals surface area (Å²) in [7, 11) is 0. The highest BCUT2D eigenvalue weighted by atomic mass is 14.1. The molecule has 0 bridgehead atoms. The zero-order chi connectivity index (χ0) is 35.5. The maximum absolute atomic E-state index is 2.37. The van der Waals surface area contributed by atoms with Crippen LogP contribution in [-0.4, -0.2) is 0 Å². The number of rotatable bonds is 18. The monoisotopic (exact) mass is 682 g/mol. The second-order valence-electron chi connectivity index (χ2n) is 15.4. The quantitative estimate of drug-likeness (QED) is 0.0624. The molecule has 0 saturated carbocycles. The molecule has 0 aliphatic rings. The molecule has 0 heterocycles. The molecule has 0 spiro atoms. The zero-order valence-corrected chi connectivity index (χ0v) is 31.9. The number of hydrogen-bond acceptors (Lipinski definition) is 0. The summed E-state index contributed by atoms with van der Waals surface area (Å²) in [5.74, 6) is 0. The van der Waals surface area contributed by atoms with Crippen LogP contribution in [0.3, 0.4) is 0 Å². The molecule has 0 unspecified atom stereocenters. The van der Waals surface area contributed by atoms with E-state index in [1.54, 1.807) is 0 Å². The standard InChI is InChI=1S/C52H58/c1-3-5-7-9-11-13-15-17-39-19-23-41(24-20-39)43-27-31-47-45(37-43)29-33-51-49(47)35-36-50-48-32-28-44(38-46(48)30-34-52(50)51)42-25-21-40(22-26-42)18-16-14-12-10-8-6-4-2/h19-38H,3-18H2,1-2H3. The molecule has 0 aliphatic heterocycles. The van der Waals surface area contributed by atoms with E-state index in [2.05, 4.69) is 135 Å². The van der Waals surface area contributed by atoms with Crippen LogP contribution >= 0.6 is 0 Å². The van der Waals surface area contributed by atoms with Crippen LogP contribution < -0.4 is 0 Å². The predicted octanol–water partition coefficient (Wildman–Crippen LogP) is 16.2. The van der Waals surface area contributed by atoms with Gasteiger partial charge in [0, 0.05) is 0 Å². The van der Waals surface area contributed by atoms with Crippen molar-refractivity contribution in [1.29, 1.82) is 0 Å². The lowest BCUT2D eigenvalue weighted by atomic mass is 9.92. The molecular formula is C52H58. The highest BCUT2D eigenvalue weighted by Gasteiger charge is 2.10. The molecule has 0 nitrogen and oxygen atoms in total. The number of benzene rings is 7. The van der Waals surface area contributed by atoms with Crippen LogP contribution in [0.15, 0.2) is 121 Å². The van der Waals surface area contributed by atoms with Gasteiger partial charge in [-0.3, -0.25) is 0 Å². The van der Waals surface area contributed by atoms with Gasteiger partial charge in [0.05, 0.1) is 0 Å². The Morgan fingerprint density at radius 1 is 0.269 bits per heavy atom. The van der Waals surface area contributed by atoms with Gasteiger partial charge in [-0.15, -0.1) is 0 Å². The van der Waals surface area contributed by atoms with Crippen LogP contribution in [0.2, 0.25) is 0 Å². The Morgan fingerprint density at radius 3 is 0.981 bits per heavy atom. The van der Waals surface area contributed by atoms with Crippen LogP contribution in [0.4, 0.5) is 0 Å². The van der Waals surface area contributed by atoms with Gasteiger partial charge in [0.15, 0.2) is 0 Å². The highest BCUT2D eigenvalue weighted by Crippen LogP contribution is 2.37. The first kappa shape index (κ1) is 36.0. The summed E-state index contributed by atoms with van der Waals surface area (Å²) in [5.41, 5.74) is 8.10. The van der Waals surface area contributed by atoms with E-state index < -0.39 is 0 Å². The lowest BCUT2D eigenvalue weighted by Gasteiger charge is -2.12. The molecule has 0 fully saturated rings. The van der Waals surface area contributed by atoms with E-state index in [9.17, 15) is 0 Å². The van der Waals surface area contributed by atoms with E-state index in [0.29, 0.717) is 0 Å². The van der Waals surface area contributed by atoms with Crippen molar-refractivity contribution in [3.63, 3.8) is 0 Å². The number of hydrogen-bond donors (Lipinski definition) is 0. The largest absolute Gasteiger partial charge is 0.0654 e. The molecule has 0 amide bonds. The van der Waals surface area contributed by atoms with Gasteiger partial charge >= 0.3 is 0 Å². The van der Waals surface area contributed by atoms with E-state index in [4.69, 9.17) is 0 Å². The van der Waals surface area contributed by atoms with Crippen molar-refractivity contribution in [3.8, 4) is 22.3 Å². The molecule has 0 atom stereocenters. The van der Waals surface area contributed by atoms with E-state index in [-0.39, 0.29) is 0 Å². The first-order valence-corrected chi connectivity index (χ1v) is 20.7. The van der Waals surface area contributed by atoms with Crippen molar-refractivity contribution >= 4 is 43.1 Å². The van der Waals surface area contributed by atoms with E-state index in [1.165, 1.54) is 179 Å². The van der Waals surface area contributed by atoms with Crippen molar-refractivity contribution in [2.75, 3.05) is 0 Å². The summed E-state index contributed by atoms with van der Waals surface area (Å²) in [5, 5.41) is 10.6. The summed E-state index contributed by atoms with van der Waals surface area (Å²) in [4.78, 5) is 0. The highest BCUT2D eigenvalue weighted by molar-refractivity contribution is 6.22. The fourth-order valence-corrected chi connectivity index (χ4v) is 8.36. The summed E-state index contributed by atoms with van der Waals surface area (Å²) in [6, 6.07) is 46.6. The fraction of sp³-hybridized carbons (Fsp3) is 0.346. The van der Waals surface area contributed by atoms with Gasteiger partial charge in [-0.05, 0) is 114 Å². The van der Waals surface area contributed by atoms with Gasteiger partial charge in [-0.1, -0.05) is 200 Å². The van der Waals surface area contributed by atoms with Gasteiger partial charge in [-0.25, -0.2) is 0 Å². The maximum Gasteiger partial charge on any atom is -0.00987 e. The Kier molecular flexibility index (Phi) is 12.4. The zero-order valence-electron chi connectivity index (χ0n) is 31.9. The second-order valence-corrected chi connectivity index (χ2v) is 15.4. The summed E-state index contributed by atoms with van der Waals surface area (Å²) in [6.07, 6.45) is 21.5. The summed E-state index contributed by atoms with van der Waals surface area (Å²) < 4.78 is 0. The minimum absolute atomic E-state index is 1.19. The third kappa shape index (κ3) is 8.61. The average Bonchev–Trinajstić information content (AvgIpc) is 3.19. The smallest absolute Gasteiger partial charge is 0.00987 e. The Balaban J connectivity index is 1.04. The molecule has 266 valence electrons. The summed E-state index contributed by atoms with van der Waals surface area (Å²) >= 11 is 0. The van der Waals surface area contributed by atoms with E-state index in [0.717, 1.165) is 0 Å². The Hall–Kier alpha value is -4.42. The van der Waals surface area contributed by atoms with Crippen LogP contribution in [0.25, 0.3) is 65.3 Å². The molecule has 0 heteroatoms. The lowest BCUT2D eigenvalue weighted by molar-refractivity contribution is 0.589. The van der Waals surface area contributed by atoms with Crippen LogP contribution in [0.5, 0.6) is 0 Å². The van der Waals surface area contributed by atoms with Gasteiger partial charge in [0.25, 0.3) is 0 Å². The average molecular weight is 683 g/mol. The van der Waals surface area contributed by atoms with E-state index in [1.807, 2.05) is 0 Å². The third-order valence-corrected chi connectivity index (χ3v) is 11.5. The van der Waals surface area contributed by atoms with Gasteiger partial charge in [0.2, 0.25) is 0 Å². The van der Waals surface area contributed by atoms with E-state index >= 15 is 0 Å². The number of aryl methyl sites for hydroxylation is 2. The fourth-order valence-electron chi connectivity index (χ4n) is 8.36. The predicted molar refractivity (Wildman–Crippen MR) is 231 cm³/mol. The SMILES string of the molecule is CCCCCCCCCc1ccc(-c2ccc3c(ccc4c3ccc3c5ccc(-c6ccc(CCCCCCCCC)cc6)cc5ccc34)c2)cc1. The van der Waals surface area contributed by atoms with Crippen molar-refractivity contribution in [1.82, 2.24) is 0 Å². The Labute approximate surface area is 313 Å². The molecular weight excluding hydrogens is 625 g/mol. The number of unbranched alkanes of at least 4 members (excludes halogenated alkanes) is 12. The normalized spacial score (nSPS) is 11.7. The topological polar surface area (TPSA) is 0 Å². The van der Waals surface area contributed by atoms with Crippen molar-refractivity contribution in [2.45, 2.75) is 117 Å². The minimum atomic E-state index is 1.19. The molecule has 52 heavy (non-hydrogen) atoms. The third-order valence-electron chi connectivity index (χ3n) is 11.5. The van der Waals surface area contributed by atoms with Crippen molar-refractivity contribution < 1.29 is 0 Å². The molecule has 0 radical (unpaired) electrons. The minimum Gasteiger partial charge on any atom is -0.0654 e. The first-order valence-electron chi connectivity index (χ1n) is 20.7. The Bertz CT molecular complexity index is 2040. The summed E-state index contributed by atoms with van der Waals surface area (Å²) in [6.45, 7) is 4.58. The molecule has 7 aromatic rings. The second kappa shape index (κ2) is 17.9. The molecule has 0 aromatic heterocycles. The van der Waals surface area contributed by atoms with Gasteiger partial charge in [0.1, 0.15) is 0 Å². The lowest BCUT2D eigenvalue weighted by Crippen LogP contribution is -1.88. The van der Waals surface area contributed by atoms with Crippen LogP contribution in [0.1, 0.15) is 115 Å². The van der Waals surface area contributed by atoms with Crippen LogP contribution in [0, 0.1) is 0 Å². The molecule has 0 aliphatic carbocycles. The molecule has 7 rings (SSSR count). The van der Waals surface area contributed by atoms with Gasteiger partial charge < -0.3 is 0 Å².